The van der Waals surface area contributed by atoms with Crippen LogP contribution in [0.1, 0.15) is 23.1 Å². The van der Waals surface area contributed by atoms with Crippen molar-refractivity contribution in [3.8, 4) is 0 Å². The van der Waals surface area contributed by atoms with E-state index in [1.54, 1.807) is 12.1 Å². The van der Waals surface area contributed by atoms with Crippen LogP contribution in [0.5, 0.6) is 0 Å². The van der Waals surface area contributed by atoms with Crippen LogP contribution in [-0.2, 0) is 27.7 Å². The number of fused-ring (bicyclic) bond motifs is 2. The topological polar surface area (TPSA) is 78.5 Å². The number of urea groups is 1. The van der Waals surface area contributed by atoms with Gasteiger partial charge < -0.3 is 10.6 Å². The highest BCUT2D eigenvalue weighted by molar-refractivity contribution is 6.30. The van der Waals surface area contributed by atoms with E-state index in [2.05, 4.69) is 10.6 Å². The van der Waals surface area contributed by atoms with Crippen LogP contribution >= 0.6 is 11.6 Å². The number of aryl methyl sites for hydroxylation is 1. The molecule has 6 nitrogen and oxygen atoms in total. The van der Waals surface area contributed by atoms with E-state index < -0.39 is 47.4 Å². The van der Waals surface area contributed by atoms with Gasteiger partial charge in [0, 0.05) is 5.02 Å². The summed E-state index contributed by atoms with van der Waals surface area (Å²) in [6.07, 6.45) is -3.81. The van der Waals surface area contributed by atoms with Crippen molar-refractivity contribution in [2.24, 2.45) is 0 Å². The third-order valence-corrected chi connectivity index (χ3v) is 5.52. The Labute approximate surface area is 174 Å². The average Bonchev–Trinajstić information content (AvgIpc) is 3.16. The fraction of sp³-hybridized carbons (Fsp3) is 0.250. The molecule has 1 heterocycles. The smallest absolute Gasteiger partial charge is 0.324 e. The van der Waals surface area contributed by atoms with Crippen molar-refractivity contribution in [1.82, 2.24) is 10.2 Å². The first-order chi connectivity index (χ1) is 14.1. The first-order valence-corrected chi connectivity index (χ1v) is 9.39. The van der Waals surface area contributed by atoms with Crippen molar-refractivity contribution in [2.45, 2.75) is 24.6 Å². The van der Waals surface area contributed by atoms with Crippen LogP contribution in [-0.4, -0.2) is 29.3 Å². The van der Waals surface area contributed by atoms with Crippen molar-refractivity contribution >= 4 is 35.1 Å². The van der Waals surface area contributed by atoms with Crippen LogP contribution in [0.15, 0.2) is 42.5 Å². The monoisotopic (exact) mass is 437 g/mol. The highest BCUT2D eigenvalue weighted by Crippen LogP contribution is 2.41. The van der Waals surface area contributed by atoms with Gasteiger partial charge in [0.1, 0.15) is 12.1 Å². The minimum absolute atomic E-state index is 0.142. The van der Waals surface area contributed by atoms with Gasteiger partial charge in [0.15, 0.2) is 0 Å². The maximum absolute atomic E-state index is 13.2. The van der Waals surface area contributed by atoms with Crippen molar-refractivity contribution in [3.05, 3.63) is 64.2 Å². The molecule has 156 valence electrons. The lowest BCUT2D eigenvalue weighted by atomic mass is 9.92. The molecule has 10 heteroatoms. The summed E-state index contributed by atoms with van der Waals surface area (Å²) in [4.78, 5) is 38.6. The van der Waals surface area contributed by atoms with Gasteiger partial charge in [-0.2, -0.15) is 13.2 Å². The Morgan fingerprint density at radius 1 is 1.20 bits per heavy atom. The van der Waals surface area contributed by atoms with Crippen molar-refractivity contribution in [3.63, 3.8) is 0 Å². The van der Waals surface area contributed by atoms with E-state index in [9.17, 15) is 27.6 Å². The number of imide groups is 1. The number of anilines is 1. The Morgan fingerprint density at radius 2 is 1.93 bits per heavy atom. The van der Waals surface area contributed by atoms with Gasteiger partial charge in [-0.3, -0.25) is 14.5 Å². The number of nitrogens with zero attached hydrogens (tertiary/aromatic N) is 1. The molecular weight excluding hydrogens is 423 g/mol. The molecule has 1 atom stereocenters. The molecule has 1 aliphatic carbocycles. The van der Waals surface area contributed by atoms with Gasteiger partial charge in [-0.1, -0.05) is 35.9 Å². The quantitative estimate of drug-likeness (QED) is 0.719. The number of amides is 4. The van der Waals surface area contributed by atoms with Crippen LogP contribution in [0.25, 0.3) is 0 Å². The first-order valence-electron chi connectivity index (χ1n) is 9.01. The van der Waals surface area contributed by atoms with E-state index in [0.29, 0.717) is 24.5 Å². The van der Waals surface area contributed by atoms with E-state index in [4.69, 9.17) is 11.6 Å². The summed E-state index contributed by atoms with van der Waals surface area (Å²) in [6.45, 7) is -0.714. The second-order valence-corrected chi connectivity index (χ2v) is 7.56. The molecule has 0 radical (unpaired) electrons. The number of halogens is 4. The molecule has 1 spiro atoms. The summed E-state index contributed by atoms with van der Waals surface area (Å²) in [7, 11) is 0. The van der Waals surface area contributed by atoms with Crippen LogP contribution in [0, 0.1) is 0 Å². The molecule has 1 saturated heterocycles. The normalized spacial score (nSPS) is 20.5. The minimum atomic E-state index is -4.74. The standard InChI is InChI=1S/C20H15ClF3N3O3/c21-12-5-6-15(14(9-12)20(22,23)24)25-16(28)10-27-17(29)19(26-18(27)30)8-7-11-3-1-2-4-13(11)19/h1-6,9H,7-8,10H2,(H,25,28)(H,26,30)/t19-/m1/s1. The summed E-state index contributed by atoms with van der Waals surface area (Å²) < 4.78 is 39.6. The van der Waals surface area contributed by atoms with Gasteiger partial charge in [-0.15, -0.1) is 0 Å². The molecular formula is C20H15ClF3N3O3. The zero-order valence-electron chi connectivity index (χ0n) is 15.3. The molecule has 4 amide bonds. The fourth-order valence-corrected chi connectivity index (χ4v) is 4.10. The molecule has 2 aromatic carbocycles. The Balaban J connectivity index is 1.54. The minimum Gasteiger partial charge on any atom is -0.324 e. The maximum Gasteiger partial charge on any atom is 0.418 e. The van der Waals surface area contributed by atoms with E-state index in [0.717, 1.165) is 16.5 Å². The van der Waals surface area contributed by atoms with E-state index >= 15 is 0 Å². The molecule has 2 aromatic rings. The number of hydrogen-bond donors (Lipinski definition) is 2. The Morgan fingerprint density at radius 3 is 2.67 bits per heavy atom. The molecule has 4 rings (SSSR count). The lowest BCUT2D eigenvalue weighted by Crippen LogP contribution is -2.43. The highest BCUT2D eigenvalue weighted by Gasteiger charge is 2.55. The molecule has 30 heavy (non-hydrogen) atoms. The van der Waals surface area contributed by atoms with Crippen molar-refractivity contribution in [2.75, 3.05) is 11.9 Å². The van der Waals surface area contributed by atoms with Gasteiger partial charge in [-0.25, -0.2) is 4.79 Å². The number of hydrogen-bond acceptors (Lipinski definition) is 3. The van der Waals surface area contributed by atoms with Gasteiger partial charge >= 0.3 is 12.2 Å². The van der Waals surface area contributed by atoms with Crippen LogP contribution in [0.3, 0.4) is 0 Å². The summed E-state index contributed by atoms with van der Waals surface area (Å²) in [5, 5.41) is 4.63. The van der Waals surface area contributed by atoms with Gasteiger partial charge in [-0.05, 0) is 42.2 Å². The Kier molecular flexibility index (Phi) is 4.73. The Hall–Kier alpha value is -3.07. The maximum atomic E-state index is 13.2. The molecule has 1 fully saturated rings. The summed E-state index contributed by atoms with van der Waals surface area (Å²) in [6, 6.07) is 9.32. The second-order valence-electron chi connectivity index (χ2n) is 7.12. The third-order valence-electron chi connectivity index (χ3n) is 5.29. The molecule has 0 aromatic heterocycles. The van der Waals surface area contributed by atoms with E-state index in [1.165, 1.54) is 6.07 Å². The Bertz CT molecular complexity index is 1070. The lowest BCUT2D eigenvalue weighted by Gasteiger charge is -2.22. The van der Waals surface area contributed by atoms with Crippen molar-refractivity contribution < 1.29 is 27.6 Å². The lowest BCUT2D eigenvalue weighted by molar-refractivity contribution is -0.137. The number of rotatable bonds is 3. The summed E-state index contributed by atoms with van der Waals surface area (Å²) in [5.74, 6) is -1.53. The van der Waals surface area contributed by atoms with Gasteiger partial charge in [0.2, 0.25) is 5.91 Å². The zero-order valence-corrected chi connectivity index (χ0v) is 16.1. The predicted octanol–water partition coefficient (Wildman–Crippen LogP) is 3.69. The predicted molar refractivity (Wildman–Crippen MR) is 102 cm³/mol. The first kappa shape index (κ1) is 20.2. The largest absolute Gasteiger partial charge is 0.418 e. The molecule has 2 N–H and O–H groups in total. The molecule has 0 bridgehead atoms. The number of benzene rings is 2. The van der Waals surface area contributed by atoms with Crippen LogP contribution < -0.4 is 10.6 Å². The van der Waals surface area contributed by atoms with Gasteiger partial charge in [0.25, 0.3) is 5.91 Å². The number of alkyl halides is 3. The fourth-order valence-electron chi connectivity index (χ4n) is 3.93. The molecule has 2 aliphatic rings. The van der Waals surface area contributed by atoms with Crippen LogP contribution in [0.4, 0.5) is 23.7 Å². The SMILES string of the molecule is O=C(CN1C(=O)N[C@@]2(CCc3ccccc32)C1=O)Nc1ccc(Cl)cc1C(F)(F)F. The second kappa shape index (κ2) is 7.02. The van der Waals surface area contributed by atoms with Gasteiger partial charge in [0.05, 0.1) is 11.3 Å². The zero-order chi connectivity index (χ0) is 21.7. The van der Waals surface area contributed by atoms with E-state index in [-0.39, 0.29) is 5.02 Å². The number of carbonyl (C=O) groups is 3. The summed E-state index contributed by atoms with van der Waals surface area (Å²) in [5.41, 5.74) is -1.28. The van der Waals surface area contributed by atoms with Crippen molar-refractivity contribution in [1.29, 1.82) is 0 Å². The molecule has 0 unspecified atom stereocenters. The van der Waals surface area contributed by atoms with Crippen LogP contribution in [0.2, 0.25) is 5.02 Å². The molecule has 0 saturated carbocycles. The summed E-state index contributed by atoms with van der Waals surface area (Å²) >= 11 is 5.63. The van der Waals surface area contributed by atoms with E-state index in [1.807, 2.05) is 12.1 Å². The number of carbonyl (C=O) groups excluding carboxylic acids is 3. The average molecular weight is 438 g/mol. The third kappa shape index (κ3) is 3.28. The highest BCUT2D eigenvalue weighted by atomic mass is 35.5. The molecule has 1 aliphatic heterocycles. The number of nitrogens with one attached hydrogen (secondary N) is 2.